The minimum Gasteiger partial charge on any atom is -0.339 e. The van der Waals surface area contributed by atoms with Crippen LogP contribution in [-0.2, 0) is 4.79 Å². The van der Waals surface area contributed by atoms with E-state index < -0.39 is 0 Å². The molecule has 21 heavy (non-hydrogen) atoms. The maximum Gasteiger partial charge on any atom is 0.222 e. The second-order valence-electron chi connectivity index (χ2n) is 7.47. The van der Waals surface area contributed by atoms with Gasteiger partial charge in [-0.3, -0.25) is 4.79 Å². The summed E-state index contributed by atoms with van der Waals surface area (Å²) in [6.07, 6.45) is 2.56. The smallest absolute Gasteiger partial charge is 0.222 e. The second kappa shape index (κ2) is 9.42. The lowest BCUT2D eigenvalue weighted by molar-refractivity contribution is -0.133. The molecule has 0 heterocycles. The monoisotopic (exact) mass is 299 g/mol. The third-order valence-electron chi connectivity index (χ3n) is 4.27. The molecule has 0 aliphatic rings. The molecule has 0 fully saturated rings. The Morgan fingerprint density at radius 3 is 2.14 bits per heavy atom. The Bertz CT molecular complexity index is 297. The van der Waals surface area contributed by atoms with Crippen LogP contribution in [0.15, 0.2) is 0 Å². The first-order valence-electron chi connectivity index (χ1n) is 8.27. The van der Waals surface area contributed by atoms with Crippen LogP contribution < -0.4 is 5.73 Å². The van der Waals surface area contributed by atoms with Crippen molar-refractivity contribution in [3.63, 3.8) is 0 Å². The van der Waals surface area contributed by atoms with Gasteiger partial charge in [-0.2, -0.15) is 0 Å². The van der Waals surface area contributed by atoms with Crippen molar-refractivity contribution in [2.75, 3.05) is 33.7 Å². The summed E-state index contributed by atoms with van der Waals surface area (Å²) in [7, 11) is 4.09. The first-order chi connectivity index (χ1) is 9.63. The van der Waals surface area contributed by atoms with E-state index in [9.17, 15) is 4.79 Å². The molecule has 0 aromatic heterocycles. The van der Waals surface area contributed by atoms with E-state index in [1.807, 2.05) is 19.0 Å². The molecule has 2 atom stereocenters. The fourth-order valence-electron chi connectivity index (χ4n) is 3.01. The lowest BCUT2D eigenvalue weighted by atomic mass is 9.76. The van der Waals surface area contributed by atoms with Crippen LogP contribution >= 0.6 is 0 Å². The molecule has 0 aliphatic carbocycles. The number of rotatable bonds is 9. The van der Waals surface area contributed by atoms with E-state index >= 15 is 0 Å². The highest BCUT2D eigenvalue weighted by Gasteiger charge is 2.26. The summed E-state index contributed by atoms with van der Waals surface area (Å²) >= 11 is 0. The highest BCUT2D eigenvalue weighted by atomic mass is 16.2. The summed E-state index contributed by atoms with van der Waals surface area (Å²) in [5, 5.41) is 0. The molecule has 0 saturated heterocycles. The minimum absolute atomic E-state index is 0.214. The maximum atomic E-state index is 12.5. The zero-order chi connectivity index (χ0) is 16.6. The van der Waals surface area contributed by atoms with E-state index in [-0.39, 0.29) is 17.4 Å². The summed E-state index contributed by atoms with van der Waals surface area (Å²) in [4.78, 5) is 16.6. The Balaban J connectivity index is 4.56. The fourth-order valence-corrected chi connectivity index (χ4v) is 3.01. The molecule has 1 amide bonds. The molecule has 126 valence electrons. The van der Waals surface area contributed by atoms with E-state index in [0.717, 1.165) is 25.9 Å². The van der Waals surface area contributed by atoms with Crippen LogP contribution in [0.3, 0.4) is 0 Å². The van der Waals surface area contributed by atoms with Gasteiger partial charge in [-0.25, -0.2) is 0 Å². The summed E-state index contributed by atoms with van der Waals surface area (Å²) in [5.41, 5.74) is 5.93. The van der Waals surface area contributed by atoms with Crippen LogP contribution in [0.2, 0.25) is 0 Å². The van der Waals surface area contributed by atoms with Crippen LogP contribution in [0, 0.1) is 11.3 Å². The highest BCUT2D eigenvalue weighted by molar-refractivity contribution is 5.76. The Labute approximate surface area is 132 Å². The molecule has 2 unspecified atom stereocenters. The van der Waals surface area contributed by atoms with Crippen molar-refractivity contribution in [3.8, 4) is 0 Å². The summed E-state index contributed by atoms with van der Waals surface area (Å²) < 4.78 is 0. The third-order valence-corrected chi connectivity index (χ3v) is 4.27. The Kier molecular flexibility index (Phi) is 9.14. The van der Waals surface area contributed by atoms with Gasteiger partial charge in [-0.1, -0.05) is 20.8 Å². The number of nitrogens with zero attached hydrogens (tertiary/aromatic N) is 2. The zero-order valence-electron chi connectivity index (χ0n) is 15.3. The van der Waals surface area contributed by atoms with Gasteiger partial charge in [0.2, 0.25) is 5.91 Å². The number of carbonyl (C=O) groups is 1. The Morgan fingerprint density at radius 1 is 1.19 bits per heavy atom. The molecule has 2 N–H and O–H groups in total. The van der Waals surface area contributed by atoms with Crippen LogP contribution in [0.1, 0.15) is 53.9 Å². The predicted molar refractivity (Wildman–Crippen MR) is 91.3 cm³/mol. The molecule has 4 heteroatoms. The topological polar surface area (TPSA) is 49.6 Å². The predicted octanol–water partition coefficient (Wildman–Crippen LogP) is 2.58. The van der Waals surface area contributed by atoms with Crippen molar-refractivity contribution in [2.45, 2.75) is 59.9 Å². The highest BCUT2D eigenvalue weighted by Crippen LogP contribution is 2.32. The van der Waals surface area contributed by atoms with Gasteiger partial charge in [0.15, 0.2) is 0 Å². The maximum absolute atomic E-state index is 12.5. The zero-order valence-corrected chi connectivity index (χ0v) is 15.3. The molecule has 0 rings (SSSR count). The quantitative estimate of drug-likeness (QED) is 0.712. The molecule has 0 bridgehead atoms. The molecule has 4 nitrogen and oxygen atoms in total. The van der Waals surface area contributed by atoms with E-state index in [1.165, 1.54) is 0 Å². The average molecular weight is 300 g/mol. The third kappa shape index (κ3) is 7.82. The number of hydrogen-bond acceptors (Lipinski definition) is 3. The molecule has 0 aromatic carbocycles. The molecular weight excluding hydrogens is 262 g/mol. The first kappa shape index (κ1) is 20.4. The van der Waals surface area contributed by atoms with Crippen molar-refractivity contribution in [1.82, 2.24) is 9.80 Å². The van der Waals surface area contributed by atoms with E-state index in [2.05, 4.69) is 39.5 Å². The summed E-state index contributed by atoms with van der Waals surface area (Å²) in [6, 6.07) is 0.264. The standard InChI is InChI=1S/C17H37N3O/c1-8-20(14(2)13-19(6)7)16(21)10-9-15(11-12-18)17(3,4)5/h14-15H,8-13,18H2,1-7H3. The number of amides is 1. The number of nitrogens with two attached hydrogens (primary N) is 1. The summed E-state index contributed by atoms with van der Waals surface area (Å²) in [5.74, 6) is 0.785. The van der Waals surface area contributed by atoms with Crippen LogP contribution in [-0.4, -0.2) is 55.5 Å². The second-order valence-corrected chi connectivity index (χ2v) is 7.47. The van der Waals surface area contributed by atoms with Crippen LogP contribution in [0.4, 0.5) is 0 Å². The van der Waals surface area contributed by atoms with Gasteiger partial charge in [0, 0.05) is 25.6 Å². The minimum atomic E-state index is 0.214. The van der Waals surface area contributed by atoms with E-state index in [1.54, 1.807) is 0 Å². The summed E-state index contributed by atoms with van der Waals surface area (Å²) in [6.45, 7) is 13.3. The number of carbonyl (C=O) groups excluding carboxylic acids is 1. The van der Waals surface area contributed by atoms with Crippen LogP contribution in [0.25, 0.3) is 0 Å². The normalized spacial score (nSPS) is 15.1. The molecule has 0 aromatic rings. The Morgan fingerprint density at radius 2 is 1.76 bits per heavy atom. The van der Waals surface area contributed by atoms with Gasteiger partial charge in [-0.05, 0) is 58.7 Å². The van der Waals surface area contributed by atoms with Gasteiger partial charge in [0.1, 0.15) is 0 Å². The lowest BCUT2D eigenvalue weighted by Crippen LogP contribution is -2.44. The molecule has 0 radical (unpaired) electrons. The van der Waals surface area contributed by atoms with E-state index in [4.69, 9.17) is 5.73 Å². The van der Waals surface area contributed by atoms with Crippen molar-refractivity contribution in [2.24, 2.45) is 17.1 Å². The van der Waals surface area contributed by atoms with Gasteiger partial charge in [-0.15, -0.1) is 0 Å². The first-order valence-corrected chi connectivity index (χ1v) is 8.27. The fraction of sp³-hybridized carbons (Fsp3) is 0.941. The van der Waals surface area contributed by atoms with E-state index in [0.29, 0.717) is 18.9 Å². The SMILES string of the molecule is CCN(C(=O)CCC(CCN)C(C)(C)C)C(C)CN(C)C. The van der Waals surface area contributed by atoms with Crippen molar-refractivity contribution < 1.29 is 4.79 Å². The number of likely N-dealkylation sites (N-methyl/N-ethyl adjacent to an activating group) is 2. The van der Waals surface area contributed by atoms with Gasteiger partial charge in [0.05, 0.1) is 0 Å². The largest absolute Gasteiger partial charge is 0.339 e. The van der Waals surface area contributed by atoms with Crippen molar-refractivity contribution in [1.29, 1.82) is 0 Å². The average Bonchev–Trinajstić information content (AvgIpc) is 2.32. The molecule has 0 saturated carbocycles. The van der Waals surface area contributed by atoms with Crippen molar-refractivity contribution >= 4 is 5.91 Å². The van der Waals surface area contributed by atoms with Crippen LogP contribution in [0.5, 0.6) is 0 Å². The molecular formula is C17H37N3O. The molecule has 0 aliphatic heterocycles. The van der Waals surface area contributed by atoms with Gasteiger partial charge in [0.25, 0.3) is 0 Å². The van der Waals surface area contributed by atoms with Gasteiger partial charge >= 0.3 is 0 Å². The lowest BCUT2D eigenvalue weighted by Gasteiger charge is -2.33. The van der Waals surface area contributed by atoms with Gasteiger partial charge < -0.3 is 15.5 Å². The number of hydrogen-bond donors (Lipinski definition) is 1. The Hall–Kier alpha value is -0.610. The molecule has 0 spiro atoms. The van der Waals surface area contributed by atoms with Crippen molar-refractivity contribution in [3.05, 3.63) is 0 Å².